The molecule has 5 heteroatoms. The average Bonchev–Trinajstić information content (AvgIpc) is 3.30. The number of hydrogen-bond donors (Lipinski definition) is 2. The van der Waals surface area contributed by atoms with Crippen molar-refractivity contribution in [3.05, 3.63) is 35.9 Å². The first kappa shape index (κ1) is 14.1. The number of nitrogens with one attached hydrogen (secondary N) is 2. The van der Waals surface area contributed by atoms with Gasteiger partial charge in [-0.2, -0.15) is 0 Å². The van der Waals surface area contributed by atoms with E-state index in [2.05, 4.69) is 22.8 Å². The first-order valence-electron chi connectivity index (χ1n) is 7.56. The van der Waals surface area contributed by atoms with Crippen molar-refractivity contribution in [2.75, 3.05) is 26.2 Å². The fourth-order valence-electron chi connectivity index (χ4n) is 2.81. The Balaban J connectivity index is 1.58. The normalized spacial score (nSPS) is 20.7. The van der Waals surface area contributed by atoms with E-state index in [1.807, 2.05) is 23.1 Å². The molecule has 2 N–H and O–H groups in total. The Bertz CT molecular complexity index is 514. The van der Waals surface area contributed by atoms with Crippen molar-refractivity contribution in [1.82, 2.24) is 15.5 Å². The monoisotopic (exact) mass is 287 g/mol. The summed E-state index contributed by atoms with van der Waals surface area (Å²) in [5.74, 6) is 0.558. The molecule has 1 atom stereocenters. The number of nitrogens with zero attached hydrogens (tertiary/aromatic N) is 1. The minimum Gasteiger partial charge on any atom is -0.354 e. The van der Waals surface area contributed by atoms with Gasteiger partial charge in [-0.3, -0.25) is 14.5 Å². The Labute approximate surface area is 124 Å². The minimum atomic E-state index is -0.00384. The molecule has 0 aromatic heterocycles. The van der Waals surface area contributed by atoms with E-state index in [1.54, 1.807) is 0 Å². The van der Waals surface area contributed by atoms with Crippen molar-refractivity contribution in [3.8, 4) is 0 Å². The summed E-state index contributed by atoms with van der Waals surface area (Å²) in [5.41, 5.74) is 1.17. The molecule has 2 aliphatic rings. The van der Waals surface area contributed by atoms with E-state index in [0.717, 1.165) is 6.54 Å². The standard InChI is InChI=1S/C16H21N3O2/c20-14-10-19(9-8-17-14)11-15(21)18-16(13-6-7-13)12-4-2-1-3-5-12/h1-5,13,16H,6-11H2,(H,17,20)(H,18,21). The van der Waals surface area contributed by atoms with E-state index in [0.29, 0.717) is 25.6 Å². The molecule has 1 saturated heterocycles. The summed E-state index contributed by atoms with van der Waals surface area (Å²) in [5, 5.41) is 5.91. The van der Waals surface area contributed by atoms with Crippen LogP contribution < -0.4 is 10.6 Å². The van der Waals surface area contributed by atoms with E-state index in [4.69, 9.17) is 0 Å². The van der Waals surface area contributed by atoms with Crippen LogP contribution in [0.2, 0.25) is 0 Å². The largest absolute Gasteiger partial charge is 0.354 e. The van der Waals surface area contributed by atoms with Gasteiger partial charge in [0, 0.05) is 13.1 Å². The lowest BCUT2D eigenvalue weighted by Gasteiger charge is -2.27. The van der Waals surface area contributed by atoms with Crippen LogP contribution in [-0.2, 0) is 9.59 Å². The maximum absolute atomic E-state index is 12.2. The van der Waals surface area contributed by atoms with Crippen molar-refractivity contribution < 1.29 is 9.59 Å². The molecular weight excluding hydrogens is 266 g/mol. The molecule has 1 heterocycles. The van der Waals surface area contributed by atoms with Crippen molar-refractivity contribution in [1.29, 1.82) is 0 Å². The molecule has 2 amide bonds. The Hall–Kier alpha value is -1.88. The molecule has 2 fully saturated rings. The predicted octanol–water partition coefficient (Wildman–Crippen LogP) is 0.686. The van der Waals surface area contributed by atoms with Gasteiger partial charge in [-0.05, 0) is 24.3 Å². The summed E-state index contributed by atoms with van der Waals surface area (Å²) in [6.07, 6.45) is 2.35. The zero-order valence-corrected chi connectivity index (χ0v) is 12.0. The highest BCUT2D eigenvalue weighted by Crippen LogP contribution is 2.40. The van der Waals surface area contributed by atoms with E-state index in [1.165, 1.54) is 18.4 Å². The number of hydrogen-bond acceptors (Lipinski definition) is 3. The van der Waals surface area contributed by atoms with Crippen LogP contribution >= 0.6 is 0 Å². The average molecular weight is 287 g/mol. The van der Waals surface area contributed by atoms with Crippen molar-refractivity contribution in [2.45, 2.75) is 18.9 Å². The van der Waals surface area contributed by atoms with Crippen LogP contribution in [-0.4, -0.2) is 42.9 Å². The lowest BCUT2D eigenvalue weighted by Crippen LogP contribution is -2.50. The molecule has 5 nitrogen and oxygen atoms in total. The van der Waals surface area contributed by atoms with E-state index < -0.39 is 0 Å². The highest BCUT2D eigenvalue weighted by Gasteiger charge is 2.33. The highest BCUT2D eigenvalue weighted by atomic mass is 16.2. The van der Waals surface area contributed by atoms with Gasteiger partial charge in [-0.1, -0.05) is 30.3 Å². The number of carbonyl (C=O) groups excluding carboxylic acids is 2. The number of rotatable bonds is 5. The van der Waals surface area contributed by atoms with Crippen LogP contribution in [0.4, 0.5) is 0 Å². The first-order valence-corrected chi connectivity index (χ1v) is 7.56. The maximum Gasteiger partial charge on any atom is 0.234 e. The van der Waals surface area contributed by atoms with Crippen molar-refractivity contribution in [2.24, 2.45) is 5.92 Å². The second-order valence-electron chi connectivity index (χ2n) is 5.85. The van der Waals surface area contributed by atoms with Gasteiger partial charge in [-0.25, -0.2) is 0 Å². The van der Waals surface area contributed by atoms with Crippen LogP contribution in [0.5, 0.6) is 0 Å². The fourth-order valence-corrected chi connectivity index (χ4v) is 2.81. The second kappa shape index (κ2) is 6.26. The van der Waals surface area contributed by atoms with Gasteiger partial charge in [0.05, 0.1) is 19.1 Å². The van der Waals surface area contributed by atoms with Crippen LogP contribution in [0.1, 0.15) is 24.4 Å². The van der Waals surface area contributed by atoms with Crippen LogP contribution in [0.15, 0.2) is 30.3 Å². The van der Waals surface area contributed by atoms with Gasteiger partial charge in [0.1, 0.15) is 0 Å². The van der Waals surface area contributed by atoms with Gasteiger partial charge >= 0.3 is 0 Å². The molecule has 1 aliphatic carbocycles. The third-order valence-corrected chi connectivity index (χ3v) is 4.05. The predicted molar refractivity (Wildman–Crippen MR) is 79.5 cm³/mol. The fraction of sp³-hybridized carbons (Fsp3) is 0.500. The molecule has 1 unspecified atom stereocenters. The molecule has 112 valence electrons. The molecule has 1 aromatic carbocycles. The summed E-state index contributed by atoms with van der Waals surface area (Å²) in [6, 6.07) is 10.2. The molecule has 1 aromatic rings. The Morgan fingerprint density at radius 2 is 2.10 bits per heavy atom. The summed E-state index contributed by atoms with van der Waals surface area (Å²) >= 11 is 0. The van der Waals surface area contributed by atoms with Crippen LogP contribution in [0.25, 0.3) is 0 Å². The molecule has 1 aliphatic heterocycles. The van der Waals surface area contributed by atoms with Crippen molar-refractivity contribution in [3.63, 3.8) is 0 Å². The zero-order valence-electron chi connectivity index (χ0n) is 12.0. The van der Waals surface area contributed by atoms with Gasteiger partial charge in [-0.15, -0.1) is 0 Å². The molecular formula is C16H21N3O2. The minimum absolute atomic E-state index is 0.00384. The molecule has 0 radical (unpaired) electrons. The first-order chi connectivity index (χ1) is 10.2. The molecule has 0 spiro atoms. The van der Waals surface area contributed by atoms with Gasteiger partial charge in [0.15, 0.2) is 0 Å². The Kier molecular flexibility index (Phi) is 4.20. The third kappa shape index (κ3) is 3.82. The SMILES string of the molecule is O=C1CN(CC(=O)NC(c2ccccc2)C2CC2)CCN1. The second-order valence-corrected chi connectivity index (χ2v) is 5.85. The number of piperazine rings is 1. The smallest absolute Gasteiger partial charge is 0.234 e. The highest BCUT2D eigenvalue weighted by molar-refractivity contribution is 5.82. The summed E-state index contributed by atoms with van der Waals surface area (Å²) in [4.78, 5) is 25.5. The lowest BCUT2D eigenvalue weighted by molar-refractivity contribution is -0.127. The number of amides is 2. The van der Waals surface area contributed by atoms with Crippen LogP contribution in [0.3, 0.4) is 0 Å². The molecule has 1 saturated carbocycles. The summed E-state index contributed by atoms with van der Waals surface area (Å²) < 4.78 is 0. The summed E-state index contributed by atoms with van der Waals surface area (Å²) in [7, 11) is 0. The maximum atomic E-state index is 12.2. The Morgan fingerprint density at radius 3 is 2.76 bits per heavy atom. The Morgan fingerprint density at radius 1 is 1.33 bits per heavy atom. The van der Waals surface area contributed by atoms with Crippen molar-refractivity contribution >= 4 is 11.8 Å². The topological polar surface area (TPSA) is 61.4 Å². The number of benzene rings is 1. The quantitative estimate of drug-likeness (QED) is 0.837. The van der Waals surface area contributed by atoms with E-state index >= 15 is 0 Å². The molecule has 3 rings (SSSR count). The van der Waals surface area contributed by atoms with Crippen LogP contribution in [0, 0.1) is 5.92 Å². The molecule has 0 bridgehead atoms. The van der Waals surface area contributed by atoms with E-state index in [9.17, 15) is 9.59 Å². The number of carbonyl (C=O) groups is 2. The zero-order chi connectivity index (χ0) is 14.7. The lowest BCUT2D eigenvalue weighted by atomic mass is 10.0. The van der Waals surface area contributed by atoms with Gasteiger partial charge in [0.2, 0.25) is 11.8 Å². The van der Waals surface area contributed by atoms with E-state index in [-0.39, 0.29) is 17.9 Å². The molecule has 21 heavy (non-hydrogen) atoms. The van der Waals surface area contributed by atoms with Gasteiger partial charge in [0.25, 0.3) is 0 Å². The van der Waals surface area contributed by atoms with Gasteiger partial charge < -0.3 is 10.6 Å². The third-order valence-electron chi connectivity index (χ3n) is 4.05. The summed E-state index contributed by atoms with van der Waals surface area (Å²) in [6.45, 7) is 1.96.